The van der Waals surface area contributed by atoms with E-state index in [1.807, 2.05) is 30.3 Å². The van der Waals surface area contributed by atoms with E-state index in [9.17, 15) is 9.18 Å². The first-order chi connectivity index (χ1) is 11.1. The number of hydrogen-bond donors (Lipinski definition) is 0. The van der Waals surface area contributed by atoms with Crippen LogP contribution in [0.15, 0.2) is 59.0 Å². The molecule has 0 fully saturated rings. The zero-order valence-corrected chi connectivity index (χ0v) is 12.3. The summed E-state index contributed by atoms with van der Waals surface area (Å²) in [7, 11) is 0. The second kappa shape index (κ2) is 6.39. The standard InChI is InChI=1S/C17H13FN2O3/c1-11(22-17(21)13-9-5-6-10-14(13)18)15-19-20-16(23-15)12-7-3-2-4-8-12/h2-11H,1H3. The summed E-state index contributed by atoms with van der Waals surface area (Å²) in [6.07, 6.45) is -0.785. The molecule has 1 heterocycles. The molecule has 3 aromatic rings. The number of halogens is 1. The zero-order chi connectivity index (χ0) is 16.2. The van der Waals surface area contributed by atoms with Gasteiger partial charge in [0.05, 0.1) is 5.56 Å². The maximum atomic E-state index is 13.6. The number of carbonyl (C=O) groups excluding carboxylic acids is 1. The number of benzene rings is 2. The summed E-state index contributed by atoms with van der Waals surface area (Å²) in [5.41, 5.74) is 0.626. The molecule has 0 bridgehead atoms. The predicted octanol–water partition coefficient (Wildman–Crippen LogP) is 3.79. The van der Waals surface area contributed by atoms with Crippen molar-refractivity contribution in [2.75, 3.05) is 0 Å². The van der Waals surface area contributed by atoms with Gasteiger partial charge in [0.25, 0.3) is 5.89 Å². The Morgan fingerprint density at radius 3 is 2.52 bits per heavy atom. The molecule has 0 saturated heterocycles. The van der Waals surface area contributed by atoms with Crippen molar-refractivity contribution in [2.45, 2.75) is 13.0 Å². The third kappa shape index (κ3) is 3.26. The van der Waals surface area contributed by atoms with E-state index in [4.69, 9.17) is 9.15 Å². The molecule has 23 heavy (non-hydrogen) atoms. The first-order valence-corrected chi connectivity index (χ1v) is 6.99. The quantitative estimate of drug-likeness (QED) is 0.686. The van der Waals surface area contributed by atoms with Gasteiger partial charge in [-0.3, -0.25) is 0 Å². The minimum Gasteiger partial charge on any atom is -0.449 e. The number of nitrogens with zero attached hydrogens (tertiary/aromatic N) is 2. The van der Waals surface area contributed by atoms with Gasteiger partial charge in [0.1, 0.15) is 5.82 Å². The van der Waals surface area contributed by atoms with Crippen LogP contribution in [0.3, 0.4) is 0 Å². The molecular formula is C17H13FN2O3. The highest BCUT2D eigenvalue weighted by molar-refractivity contribution is 5.89. The van der Waals surface area contributed by atoms with Gasteiger partial charge in [0.15, 0.2) is 6.10 Å². The van der Waals surface area contributed by atoms with Crippen LogP contribution in [0.25, 0.3) is 11.5 Å². The fourth-order valence-electron chi connectivity index (χ4n) is 2.00. The van der Waals surface area contributed by atoms with Crippen molar-refractivity contribution in [3.05, 3.63) is 71.9 Å². The maximum absolute atomic E-state index is 13.6. The fraction of sp³-hybridized carbons (Fsp3) is 0.118. The SMILES string of the molecule is CC(OC(=O)c1ccccc1F)c1nnc(-c2ccccc2)o1. The van der Waals surface area contributed by atoms with E-state index in [1.165, 1.54) is 18.2 Å². The third-order valence-corrected chi connectivity index (χ3v) is 3.19. The van der Waals surface area contributed by atoms with Gasteiger partial charge in [0.2, 0.25) is 5.89 Å². The number of ether oxygens (including phenoxy) is 1. The Morgan fingerprint density at radius 2 is 1.78 bits per heavy atom. The first kappa shape index (κ1) is 14.9. The van der Waals surface area contributed by atoms with Gasteiger partial charge in [-0.15, -0.1) is 10.2 Å². The molecule has 0 radical (unpaired) electrons. The van der Waals surface area contributed by atoms with Crippen LogP contribution in [-0.4, -0.2) is 16.2 Å². The van der Waals surface area contributed by atoms with Crippen molar-refractivity contribution >= 4 is 5.97 Å². The van der Waals surface area contributed by atoms with Crippen molar-refractivity contribution in [2.24, 2.45) is 0 Å². The van der Waals surface area contributed by atoms with Crippen molar-refractivity contribution in [3.63, 3.8) is 0 Å². The summed E-state index contributed by atoms with van der Waals surface area (Å²) in [5, 5.41) is 7.80. The molecule has 0 aliphatic heterocycles. The Labute approximate surface area is 131 Å². The lowest BCUT2D eigenvalue weighted by Crippen LogP contribution is -2.11. The Kier molecular flexibility index (Phi) is 4.14. The lowest BCUT2D eigenvalue weighted by atomic mass is 10.2. The van der Waals surface area contributed by atoms with Gasteiger partial charge in [0, 0.05) is 5.56 Å². The van der Waals surface area contributed by atoms with Crippen molar-refractivity contribution in [1.29, 1.82) is 0 Å². The average molecular weight is 312 g/mol. The minimum atomic E-state index is -0.785. The second-order valence-electron chi connectivity index (χ2n) is 4.84. The highest BCUT2D eigenvalue weighted by Gasteiger charge is 2.21. The summed E-state index contributed by atoms with van der Waals surface area (Å²) in [4.78, 5) is 12.0. The number of rotatable bonds is 4. The summed E-state index contributed by atoms with van der Waals surface area (Å²) < 4.78 is 24.2. The molecule has 3 rings (SSSR count). The van der Waals surface area contributed by atoms with Crippen LogP contribution in [0.1, 0.15) is 29.3 Å². The largest absolute Gasteiger partial charge is 0.449 e. The fourth-order valence-corrected chi connectivity index (χ4v) is 2.00. The van der Waals surface area contributed by atoms with Gasteiger partial charge in [-0.2, -0.15) is 0 Å². The maximum Gasteiger partial charge on any atom is 0.341 e. The van der Waals surface area contributed by atoms with Gasteiger partial charge in [-0.1, -0.05) is 30.3 Å². The van der Waals surface area contributed by atoms with E-state index >= 15 is 0 Å². The molecule has 116 valence electrons. The van der Waals surface area contributed by atoms with E-state index in [0.29, 0.717) is 5.89 Å². The molecule has 2 aromatic carbocycles. The van der Waals surface area contributed by atoms with Crippen molar-refractivity contribution < 1.29 is 18.3 Å². The van der Waals surface area contributed by atoms with Crippen molar-refractivity contribution in [1.82, 2.24) is 10.2 Å². The van der Waals surface area contributed by atoms with E-state index in [-0.39, 0.29) is 11.5 Å². The summed E-state index contributed by atoms with van der Waals surface area (Å²) in [6.45, 7) is 1.58. The minimum absolute atomic E-state index is 0.137. The third-order valence-electron chi connectivity index (χ3n) is 3.19. The molecule has 1 aromatic heterocycles. The predicted molar refractivity (Wildman–Crippen MR) is 80.0 cm³/mol. The van der Waals surface area contributed by atoms with E-state index in [2.05, 4.69) is 10.2 Å². The molecule has 5 nitrogen and oxygen atoms in total. The number of esters is 1. The number of carbonyl (C=O) groups is 1. The average Bonchev–Trinajstić information content (AvgIpc) is 3.06. The lowest BCUT2D eigenvalue weighted by Gasteiger charge is -2.09. The van der Waals surface area contributed by atoms with Crippen LogP contribution < -0.4 is 0 Å². The molecule has 1 unspecified atom stereocenters. The molecule has 0 spiro atoms. The molecule has 0 saturated carbocycles. The topological polar surface area (TPSA) is 65.2 Å². The summed E-state index contributed by atoms with van der Waals surface area (Å²) >= 11 is 0. The molecule has 6 heteroatoms. The second-order valence-corrected chi connectivity index (χ2v) is 4.84. The van der Waals surface area contributed by atoms with Gasteiger partial charge in [-0.25, -0.2) is 9.18 Å². The first-order valence-electron chi connectivity index (χ1n) is 6.99. The van der Waals surface area contributed by atoms with Crippen LogP contribution in [0.5, 0.6) is 0 Å². The monoisotopic (exact) mass is 312 g/mol. The Balaban J connectivity index is 1.74. The Morgan fingerprint density at radius 1 is 1.09 bits per heavy atom. The molecule has 0 aliphatic carbocycles. The zero-order valence-electron chi connectivity index (χ0n) is 12.3. The van der Waals surface area contributed by atoms with E-state index < -0.39 is 17.9 Å². The Bertz CT molecular complexity index is 817. The van der Waals surface area contributed by atoms with Gasteiger partial charge >= 0.3 is 5.97 Å². The molecule has 0 N–H and O–H groups in total. The summed E-state index contributed by atoms with van der Waals surface area (Å²) in [6, 6.07) is 14.8. The van der Waals surface area contributed by atoms with Crippen molar-refractivity contribution in [3.8, 4) is 11.5 Å². The van der Waals surface area contributed by atoms with Gasteiger partial charge in [-0.05, 0) is 31.2 Å². The highest BCUT2D eigenvalue weighted by atomic mass is 19.1. The van der Waals surface area contributed by atoms with Crippen LogP contribution in [0.2, 0.25) is 0 Å². The number of hydrogen-bond acceptors (Lipinski definition) is 5. The van der Waals surface area contributed by atoms with Crippen LogP contribution in [0, 0.1) is 5.82 Å². The van der Waals surface area contributed by atoms with E-state index in [0.717, 1.165) is 5.56 Å². The molecule has 0 amide bonds. The lowest BCUT2D eigenvalue weighted by molar-refractivity contribution is 0.0274. The van der Waals surface area contributed by atoms with Crippen LogP contribution in [0.4, 0.5) is 4.39 Å². The number of aromatic nitrogens is 2. The van der Waals surface area contributed by atoms with Crippen LogP contribution >= 0.6 is 0 Å². The Hall–Kier alpha value is -3.02. The van der Waals surface area contributed by atoms with E-state index in [1.54, 1.807) is 13.0 Å². The highest BCUT2D eigenvalue weighted by Crippen LogP contribution is 2.23. The molecular weight excluding hydrogens is 299 g/mol. The molecule has 0 aliphatic rings. The normalized spacial score (nSPS) is 11.9. The molecule has 1 atom stereocenters. The smallest absolute Gasteiger partial charge is 0.341 e. The summed E-state index contributed by atoms with van der Waals surface area (Å²) in [5.74, 6) is -0.946. The van der Waals surface area contributed by atoms with Crippen LogP contribution in [-0.2, 0) is 4.74 Å². The van der Waals surface area contributed by atoms with Gasteiger partial charge < -0.3 is 9.15 Å².